The highest BCUT2D eigenvalue weighted by Gasteiger charge is 2.26. The third-order valence-corrected chi connectivity index (χ3v) is 3.44. The van der Waals surface area contributed by atoms with E-state index in [0.29, 0.717) is 12.5 Å². The maximum Gasteiger partial charge on any atom is 0.230 e. The zero-order chi connectivity index (χ0) is 13.1. The van der Waals surface area contributed by atoms with Crippen LogP contribution in [0.25, 0.3) is 0 Å². The Morgan fingerprint density at radius 2 is 2.33 bits per heavy atom. The van der Waals surface area contributed by atoms with E-state index >= 15 is 0 Å². The van der Waals surface area contributed by atoms with Crippen molar-refractivity contribution in [1.29, 1.82) is 0 Å². The van der Waals surface area contributed by atoms with Gasteiger partial charge in [-0.1, -0.05) is 29.4 Å². The Morgan fingerprint density at radius 1 is 1.61 bits per heavy atom. The van der Waals surface area contributed by atoms with Crippen LogP contribution in [0.15, 0.2) is 29.4 Å². The Kier molecular flexibility index (Phi) is 3.50. The van der Waals surface area contributed by atoms with Crippen molar-refractivity contribution in [3.05, 3.63) is 35.4 Å². The molecule has 1 aliphatic carbocycles. The van der Waals surface area contributed by atoms with Gasteiger partial charge >= 0.3 is 0 Å². The van der Waals surface area contributed by atoms with Crippen molar-refractivity contribution < 1.29 is 10.0 Å². The summed E-state index contributed by atoms with van der Waals surface area (Å²) in [4.78, 5) is 11.7. The quantitative estimate of drug-likeness (QED) is 0.318. The zero-order valence-electron chi connectivity index (χ0n) is 10.3. The molecule has 0 saturated heterocycles. The van der Waals surface area contributed by atoms with Crippen LogP contribution in [0.3, 0.4) is 0 Å². The van der Waals surface area contributed by atoms with Gasteiger partial charge in [0.25, 0.3) is 0 Å². The number of benzene rings is 1. The van der Waals surface area contributed by atoms with E-state index in [9.17, 15) is 4.79 Å². The van der Waals surface area contributed by atoms with Crippen LogP contribution < -0.4 is 11.1 Å². The second-order valence-electron chi connectivity index (χ2n) is 4.59. The first-order chi connectivity index (χ1) is 8.63. The minimum absolute atomic E-state index is 0.0680. The molecule has 1 aliphatic rings. The molecular weight excluding hydrogens is 230 g/mol. The molecule has 0 aliphatic heterocycles. The van der Waals surface area contributed by atoms with E-state index in [4.69, 9.17) is 10.9 Å². The molecule has 2 rings (SSSR count). The number of nitrogens with one attached hydrogen (secondary N) is 1. The summed E-state index contributed by atoms with van der Waals surface area (Å²) in [6.45, 7) is 2.21. The molecule has 96 valence electrons. The molecule has 0 heterocycles. The second kappa shape index (κ2) is 5.08. The second-order valence-corrected chi connectivity index (χ2v) is 4.59. The normalized spacial score (nSPS) is 19.6. The number of nitrogens with zero attached hydrogens (tertiary/aromatic N) is 1. The highest BCUT2D eigenvalue weighted by Crippen LogP contribution is 2.33. The fraction of sp³-hybridized carbons (Fsp3) is 0.385. The van der Waals surface area contributed by atoms with E-state index in [1.807, 2.05) is 12.1 Å². The number of nitrogens with two attached hydrogens (primary N) is 1. The minimum Gasteiger partial charge on any atom is -0.409 e. The lowest BCUT2D eigenvalue weighted by atomic mass is 9.77. The Hall–Kier alpha value is -2.04. The van der Waals surface area contributed by atoms with Gasteiger partial charge in [-0.3, -0.25) is 4.79 Å². The monoisotopic (exact) mass is 247 g/mol. The van der Waals surface area contributed by atoms with Crippen LogP contribution in [0.5, 0.6) is 0 Å². The molecule has 4 N–H and O–H groups in total. The molecular formula is C13H17N3O2. The summed E-state index contributed by atoms with van der Waals surface area (Å²) >= 11 is 0. The standard InChI is InChI=1S/C13H17N3O2/c1-8(12(14)16-18)13(17)15-7-10-6-9-4-2-3-5-11(9)10/h2-5,8,10,18H,6-7H2,1H3,(H2,14,16)(H,15,17). The number of rotatable bonds is 4. The lowest BCUT2D eigenvalue weighted by Gasteiger charge is -2.30. The van der Waals surface area contributed by atoms with E-state index in [-0.39, 0.29) is 11.7 Å². The number of fused-ring (bicyclic) bond motifs is 1. The summed E-state index contributed by atoms with van der Waals surface area (Å²) in [7, 11) is 0. The van der Waals surface area contributed by atoms with Gasteiger partial charge in [-0.05, 0) is 24.5 Å². The highest BCUT2D eigenvalue weighted by molar-refractivity contribution is 6.01. The van der Waals surface area contributed by atoms with Crippen molar-refractivity contribution in [2.45, 2.75) is 19.3 Å². The summed E-state index contributed by atoms with van der Waals surface area (Å²) < 4.78 is 0. The highest BCUT2D eigenvalue weighted by atomic mass is 16.4. The smallest absolute Gasteiger partial charge is 0.230 e. The number of carbonyl (C=O) groups excluding carboxylic acids is 1. The third kappa shape index (κ3) is 2.30. The van der Waals surface area contributed by atoms with Gasteiger partial charge in [0.1, 0.15) is 0 Å². The maximum absolute atomic E-state index is 11.7. The van der Waals surface area contributed by atoms with Crippen molar-refractivity contribution in [3.8, 4) is 0 Å². The summed E-state index contributed by atoms with van der Waals surface area (Å²) in [6.07, 6.45) is 0.994. The van der Waals surface area contributed by atoms with Crippen molar-refractivity contribution in [3.63, 3.8) is 0 Å². The van der Waals surface area contributed by atoms with Crippen LogP contribution in [0.2, 0.25) is 0 Å². The Morgan fingerprint density at radius 3 is 3.00 bits per heavy atom. The average Bonchev–Trinajstić information content (AvgIpc) is 2.37. The Bertz CT molecular complexity index is 485. The largest absolute Gasteiger partial charge is 0.409 e. The van der Waals surface area contributed by atoms with E-state index in [1.165, 1.54) is 11.1 Å². The fourth-order valence-electron chi connectivity index (χ4n) is 2.14. The molecule has 0 aromatic heterocycles. The topological polar surface area (TPSA) is 87.7 Å². The van der Waals surface area contributed by atoms with Gasteiger partial charge in [-0.2, -0.15) is 0 Å². The van der Waals surface area contributed by atoms with Crippen LogP contribution in [-0.4, -0.2) is 23.5 Å². The van der Waals surface area contributed by atoms with Crippen molar-refractivity contribution >= 4 is 11.7 Å². The van der Waals surface area contributed by atoms with Gasteiger partial charge in [-0.25, -0.2) is 0 Å². The molecule has 18 heavy (non-hydrogen) atoms. The molecule has 1 aromatic rings. The van der Waals surface area contributed by atoms with E-state index in [2.05, 4.69) is 22.6 Å². The molecule has 1 amide bonds. The van der Waals surface area contributed by atoms with Gasteiger partial charge in [0, 0.05) is 12.5 Å². The van der Waals surface area contributed by atoms with Crippen molar-refractivity contribution in [1.82, 2.24) is 5.32 Å². The number of hydrogen-bond donors (Lipinski definition) is 3. The summed E-state index contributed by atoms with van der Waals surface area (Å²) in [5, 5.41) is 14.2. The number of carbonyl (C=O) groups is 1. The van der Waals surface area contributed by atoms with E-state index in [0.717, 1.165) is 6.42 Å². The summed E-state index contributed by atoms with van der Waals surface area (Å²) in [6, 6.07) is 8.22. The molecule has 0 fully saturated rings. The molecule has 5 nitrogen and oxygen atoms in total. The van der Waals surface area contributed by atoms with Gasteiger partial charge in [0.2, 0.25) is 5.91 Å². The summed E-state index contributed by atoms with van der Waals surface area (Å²) in [5.41, 5.74) is 8.03. The van der Waals surface area contributed by atoms with E-state index in [1.54, 1.807) is 6.92 Å². The van der Waals surface area contributed by atoms with E-state index < -0.39 is 5.92 Å². The van der Waals surface area contributed by atoms with Crippen LogP contribution >= 0.6 is 0 Å². The number of hydrogen-bond acceptors (Lipinski definition) is 3. The maximum atomic E-state index is 11.7. The van der Waals surface area contributed by atoms with Crippen LogP contribution in [-0.2, 0) is 11.2 Å². The van der Waals surface area contributed by atoms with Gasteiger partial charge in [0.05, 0.1) is 5.92 Å². The Labute approximate surface area is 106 Å². The first-order valence-electron chi connectivity index (χ1n) is 5.96. The molecule has 0 saturated carbocycles. The molecule has 1 aromatic carbocycles. The molecule has 2 atom stereocenters. The lowest BCUT2D eigenvalue weighted by Crippen LogP contribution is -2.40. The van der Waals surface area contributed by atoms with Crippen molar-refractivity contribution in [2.24, 2.45) is 16.8 Å². The fourth-order valence-corrected chi connectivity index (χ4v) is 2.14. The predicted octanol–water partition coefficient (Wildman–Crippen LogP) is 0.825. The predicted molar refractivity (Wildman–Crippen MR) is 68.5 cm³/mol. The number of oxime groups is 1. The van der Waals surface area contributed by atoms with Crippen LogP contribution in [0, 0.1) is 5.92 Å². The van der Waals surface area contributed by atoms with Crippen LogP contribution in [0.1, 0.15) is 24.0 Å². The molecule has 2 unspecified atom stereocenters. The first-order valence-corrected chi connectivity index (χ1v) is 5.96. The third-order valence-electron chi connectivity index (χ3n) is 3.44. The zero-order valence-corrected chi connectivity index (χ0v) is 10.3. The van der Waals surface area contributed by atoms with Gasteiger partial charge < -0.3 is 16.3 Å². The van der Waals surface area contributed by atoms with Gasteiger partial charge in [-0.15, -0.1) is 0 Å². The number of amidine groups is 1. The first kappa shape index (κ1) is 12.4. The SMILES string of the molecule is CC(C(=O)NCC1Cc2ccccc21)C(N)=NO. The molecule has 0 bridgehead atoms. The van der Waals surface area contributed by atoms with Crippen LogP contribution in [0.4, 0.5) is 0 Å². The Balaban J connectivity index is 1.86. The lowest BCUT2D eigenvalue weighted by molar-refractivity contribution is -0.122. The molecule has 0 spiro atoms. The average molecular weight is 247 g/mol. The minimum atomic E-state index is -0.606. The molecule has 0 radical (unpaired) electrons. The summed E-state index contributed by atoms with van der Waals surface area (Å²) in [5.74, 6) is -0.508. The number of amides is 1. The molecule has 5 heteroatoms. The van der Waals surface area contributed by atoms with Gasteiger partial charge in [0.15, 0.2) is 5.84 Å². The van der Waals surface area contributed by atoms with Crippen molar-refractivity contribution in [2.75, 3.05) is 6.54 Å².